The molecule has 4 heteroatoms. The van der Waals surface area contributed by atoms with Crippen molar-refractivity contribution in [3.05, 3.63) is 35.4 Å². The zero-order valence-corrected chi connectivity index (χ0v) is 10.1. The summed E-state index contributed by atoms with van der Waals surface area (Å²) in [6, 6.07) is 8.11. The number of nitrogens with zero attached hydrogens (tertiary/aromatic N) is 1. The molecule has 1 fully saturated rings. The van der Waals surface area contributed by atoms with Crippen molar-refractivity contribution < 1.29 is 4.79 Å². The minimum absolute atomic E-state index is 0.349. The van der Waals surface area contributed by atoms with Gasteiger partial charge in [0.05, 0.1) is 0 Å². The molecule has 3 N–H and O–H groups in total. The van der Waals surface area contributed by atoms with Gasteiger partial charge in [-0.15, -0.1) is 0 Å². The van der Waals surface area contributed by atoms with Gasteiger partial charge in [0.2, 0.25) is 5.91 Å². The molecule has 2 rings (SSSR count). The lowest BCUT2D eigenvalue weighted by molar-refractivity contribution is 0.0998. The molecule has 0 aromatic heterocycles. The third-order valence-corrected chi connectivity index (χ3v) is 3.36. The Morgan fingerprint density at radius 2 is 2.29 bits per heavy atom. The van der Waals surface area contributed by atoms with Gasteiger partial charge in [-0.2, -0.15) is 0 Å². The number of primary amides is 1. The van der Waals surface area contributed by atoms with Gasteiger partial charge in [-0.25, -0.2) is 0 Å². The van der Waals surface area contributed by atoms with Crippen LogP contribution in [0.15, 0.2) is 24.3 Å². The standard InChI is InChI=1S/C13H19N3O/c1-16(11-6-7-15-8-11)9-10-4-2-3-5-12(10)13(14)17/h2-5,11,15H,6-9H2,1H3,(H2,14,17). The van der Waals surface area contributed by atoms with Gasteiger partial charge in [0.25, 0.3) is 0 Å². The molecule has 1 atom stereocenters. The number of hydrogen-bond acceptors (Lipinski definition) is 3. The molecule has 1 amide bonds. The first kappa shape index (κ1) is 12.1. The monoisotopic (exact) mass is 233 g/mol. The molecule has 1 heterocycles. The lowest BCUT2D eigenvalue weighted by Crippen LogP contribution is -2.33. The summed E-state index contributed by atoms with van der Waals surface area (Å²) in [5.41, 5.74) is 7.01. The quantitative estimate of drug-likeness (QED) is 0.799. The van der Waals surface area contributed by atoms with Crippen molar-refractivity contribution in [3.63, 3.8) is 0 Å². The summed E-state index contributed by atoms with van der Waals surface area (Å²) in [5, 5.41) is 3.34. The van der Waals surface area contributed by atoms with Gasteiger partial charge in [-0.1, -0.05) is 18.2 Å². The van der Waals surface area contributed by atoms with Gasteiger partial charge in [0.15, 0.2) is 0 Å². The van der Waals surface area contributed by atoms with Crippen LogP contribution >= 0.6 is 0 Å². The molecule has 0 aliphatic carbocycles. The van der Waals surface area contributed by atoms with Crippen LogP contribution in [0.2, 0.25) is 0 Å². The van der Waals surface area contributed by atoms with Crippen LogP contribution in [0.25, 0.3) is 0 Å². The van der Waals surface area contributed by atoms with Gasteiger partial charge in [0, 0.05) is 24.7 Å². The van der Waals surface area contributed by atoms with Crippen LogP contribution in [0.1, 0.15) is 22.3 Å². The predicted octanol–water partition coefficient (Wildman–Crippen LogP) is 0.579. The third kappa shape index (κ3) is 2.84. The van der Waals surface area contributed by atoms with E-state index in [1.165, 1.54) is 0 Å². The Kier molecular flexibility index (Phi) is 3.76. The van der Waals surface area contributed by atoms with Crippen molar-refractivity contribution in [3.8, 4) is 0 Å². The van der Waals surface area contributed by atoms with Gasteiger partial charge in [0.1, 0.15) is 0 Å². The molecule has 92 valence electrons. The number of likely N-dealkylation sites (N-methyl/N-ethyl adjacent to an activating group) is 1. The number of benzene rings is 1. The van der Waals surface area contributed by atoms with Crippen molar-refractivity contribution in [1.29, 1.82) is 0 Å². The second-order valence-corrected chi connectivity index (χ2v) is 4.58. The van der Waals surface area contributed by atoms with E-state index in [2.05, 4.69) is 17.3 Å². The maximum atomic E-state index is 11.3. The highest BCUT2D eigenvalue weighted by Gasteiger charge is 2.20. The van der Waals surface area contributed by atoms with Gasteiger partial charge in [-0.3, -0.25) is 9.69 Å². The summed E-state index contributed by atoms with van der Waals surface area (Å²) in [7, 11) is 2.09. The second kappa shape index (κ2) is 5.29. The van der Waals surface area contributed by atoms with Crippen molar-refractivity contribution in [1.82, 2.24) is 10.2 Å². The van der Waals surface area contributed by atoms with Crippen molar-refractivity contribution in [2.75, 3.05) is 20.1 Å². The SMILES string of the molecule is CN(Cc1ccccc1C(N)=O)C1CCNC1. The topological polar surface area (TPSA) is 58.4 Å². The van der Waals surface area contributed by atoms with Crippen molar-refractivity contribution in [2.45, 2.75) is 19.0 Å². The van der Waals surface area contributed by atoms with E-state index in [4.69, 9.17) is 5.73 Å². The van der Waals surface area contributed by atoms with Crippen LogP contribution in [-0.4, -0.2) is 37.0 Å². The molecule has 1 aromatic carbocycles. The molecule has 1 aliphatic rings. The number of nitrogens with two attached hydrogens (primary N) is 1. The van der Waals surface area contributed by atoms with E-state index in [-0.39, 0.29) is 5.91 Å². The maximum Gasteiger partial charge on any atom is 0.249 e. The molecule has 1 unspecified atom stereocenters. The molecule has 1 aromatic rings. The van der Waals surface area contributed by atoms with Crippen LogP contribution in [0.5, 0.6) is 0 Å². The highest BCUT2D eigenvalue weighted by atomic mass is 16.1. The first-order valence-corrected chi connectivity index (χ1v) is 5.97. The molecular weight excluding hydrogens is 214 g/mol. The summed E-state index contributed by atoms with van der Waals surface area (Å²) < 4.78 is 0. The number of rotatable bonds is 4. The first-order valence-electron chi connectivity index (χ1n) is 5.97. The largest absolute Gasteiger partial charge is 0.366 e. The Morgan fingerprint density at radius 1 is 1.53 bits per heavy atom. The van der Waals surface area contributed by atoms with E-state index in [0.29, 0.717) is 11.6 Å². The average Bonchev–Trinajstić information content (AvgIpc) is 2.83. The van der Waals surface area contributed by atoms with Crippen molar-refractivity contribution in [2.24, 2.45) is 5.73 Å². The predicted molar refractivity (Wildman–Crippen MR) is 67.7 cm³/mol. The molecule has 17 heavy (non-hydrogen) atoms. The molecule has 0 saturated carbocycles. The zero-order chi connectivity index (χ0) is 12.3. The normalized spacial score (nSPS) is 19.8. The Bertz CT molecular complexity index is 399. The highest BCUT2D eigenvalue weighted by molar-refractivity contribution is 5.94. The molecule has 1 saturated heterocycles. The zero-order valence-electron chi connectivity index (χ0n) is 10.1. The number of amides is 1. The molecular formula is C13H19N3O. The van der Waals surface area contributed by atoms with E-state index in [1.807, 2.05) is 18.2 Å². The van der Waals surface area contributed by atoms with Crippen LogP contribution in [0, 0.1) is 0 Å². The van der Waals surface area contributed by atoms with E-state index in [0.717, 1.165) is 31.6 Å². The third-order valence-electron chi connectivity index (χ3n) is 3.36. The maximum absolute atomic E-state index is 11.3. The van der Waals surface area contributed by atoms with Gasteiger partial charge >= 0.3 is 0 Å². The van der Waals surface area contributed by atoms with Crippen LogP contribution in [0.4, 0.5) is 0 Å². The molecule has 1 aliphatic heterocycles. The molecule has 4 nitrogen and oxygen atoms in total. The molecule has 0 radical (unpaired) electrons. The summed E-state index contributed by atoms with van der Waals surface area (Å²) in [6.45, 7) is 2.87. The average molecular weight is 233 g/mol. The van der Waals surface area contributed by atoms with Crippen LogP contribution in [-0.2, 0) is 6.54 Å². The summed E-state index contributed by atoms with van der Waals surface area (Å²) in [5.74, 6) is -0.349. The van der Waals surface area contributed by atoms with Crippen molar-refractivity contribution >= 4 is 5.91 Å². The van der Waals surface area contributed by atoms with Crippen LogP contribution in [0.3, 0.4) is 0 Å². The highest BCUT2D eigenvalue weighted by Crippen LogP contribution is 2.14. The fraction of sp³-hybridized carbons (Fsp3) is 0.462. The van der Waals surface area contributed by atoms with E-state index >= 15 is 0 Å². The van der Waals surface area contributed by atoms with Gasteiger partial charge < -0.3 is 11.1 Å². The fourth-order valence-electron chi connectivity index (χ4n) is 2.31. The summed E-state index contributed by atoms with van der Waals surface area (Å²) in [6.07, 6.45) is 1.16. The van der Waals surface area contributed by atoms with E-state index < -0.39 is 0 Å². The second-order valence-electron chi connectivity index (χ2n) is 4.58. The Labute approximate surface area is 102 Å². The minimum atomic E-state index is -0.349. The number of carbonyl (C=O) groups is 1. The Morgan fingerprint density at radius 3 is 2.94 bits per heavy atom. The van der Waals surface area contributed by atoms with Gasteiger partial charge in [-0.05, 0) is 31.6 Å². The van der Waals surface area contributed by atoms with E-state index in [1.54, 1.807) is 6.07 Å². The van der Waals surface area contributed by atoms with E-state index in [9.17, 15) is 4.79 Å². The fourth-order valence-corrected chi connectivity index (χ4v) is 2.31. The first-order chi connectivity index (χ1) is 8.18. The minimum Gasteiger partial charge on any atom is -0.366 e. The lowest BCUT2D eigenvalue weighted by Gasteiger charge is -2.24. The van der Waals surface area contributed by atoms with Crippen LogP contribution < -0.4 is 11.1 Å². The molecule has 0 bridgehead atoms. The number of hydrogen-bond donors (Lipinski definition) is 2. The summed E-state index contributed by atoms with van der Waals surface area (Å²) >= 11 is 0. The molecule has 0 spiro atoms. The number of carbonyl (C=O) groups excluding carboxylic acids is 1. The Hall–Kier alpha value is -1.39. The summed E-state index contributed by atoms with van der Waals surface area (Å²) in [4.78, 5) is 13.6. The number of nitrogens with one attached hydrogen (secondary N) is 1. The smallest absolute Gasteiger partial charge is 0.249 e. The lowest BCUT2D eigenvalue weighted by atomic mass is 10.1. The Balaban J connectivity index is 2.09.